The van der Waals surface area contributed by atoms with Crippen LogP contribution in [-0.4, -0.2) is 35.4 Å². The van der Waals surface area contributed by atoms with Crippen LogP contribution in [0.3, 0.4) is 0 Å². The van der Waals surface area contributed by atoms with Gasteiger partial charge in [-0.25, -0.2) is 4.98 Å². The molecule has 0 atom stereocenters. The van der Waals surface area contributed by atoms with Crippen LogP contribution in [0.1, 0.15) is 11.4 Å². The lowest BCUT2D eigenvalue weighted by Gasteiger charge is -2.13. The smallest absolute Gasteiger partial charge is 0.230 e. The summed E-state index contributed by atoms with van der Waals surface area (Å²) in [5.74, 6) is 2.52. The van der Waals surface area contributed by atoms with Gasteiger partial charge >= 0.3 is 0 Å². The Morgan fingerprint density at radius 3 is 2.64 bits per heavy atom. The molecular formula is C21H23N3O3S. The Morgan fingerprint density at radius 2 is 1.93 bits per heavy atom. The van der Waals surface area contributed by atoms with Gasteiger partial charge in [-0.2, -0.15) is 0 Å². The molecule has 2 aromatic carbocycles. The fourth-order valence-electron chi connectivity index (χ4n) is 2.83. The third kappa shape index (κ3) is 4.67. The number of para-hydroxylation sites is 1. The van der Waals surface area contributed by atoms with E-state index in [0.717, 1.165) is 22.0 Å². The van der Waals surface area contributed by atoms with E-state index in [1.807, 2.05) is 60.2 Å². The van der Waals surface area contributed by atoms with Crippen LogP contribution < -0.4 is 14.8 Å². The molecule has 0 bridgehead atoms. The number of aromatic nitrogens is 2. The summed E-state index contributed by atoms with van der Waals surface area (Å²) in [6, 6.07) is 13.6. The SMILES string of the molecule is COc1ccc(SCC(=O)NCc2ccccc2-n2ccnc2C)cc1OC. The summed E-state index contributed by atoms with van der Waals surface area (Å²) in [5, 5.41) is 2.99. The normalized spacial score (nSPS) is 10.5. The summed E-state index contributed by atoms with van der Waals surface area (Å²) in [6.45, 7) is 2.41. The van der Waals surface area contributed by atoms with E-state index >= 15 is 0 Å². The number of hydrogen-bond donors (Lipinski definition) is 1. The van der Waals surface area contributed by atoms with E-state index in [1.165, 1.54) is 11.8 Å². The summed E-state index contributed by atoms with van der Waals surface area (Å²) in [7, 11) is 3.19. The zero-order valence-corrected chi connectivity index (χ0v) is 17.0. The number of benzene rings is 2. The van der Waals surface area contributed by atoms with Gasteiger partial charge < -0.3 is 19.4 Å². The number of nitrogens with zero attached hydrogens (tertiary/aromatic N) is 2. The number of rotatable bonds is 8. The van der Waals surface area contributed by atoms with Crippen molar-refractivity contribution >= 4 is 17.7 Å². The van der Waals surface area contributed by atoms with Gasteiger partial charge in [-0.3, -0.25) is 4.79 Å². The third-order valence-corrected chi connectivity index (χ3v) is 5.27. The molecule has 0 aliphatic heterocycles. The number of aryl methyl sites for hydroxylation is 1. The number of amides is 1. The average molecular weight is 398 g/mol. The Labute approximate surface area is 168 Å². The van der Waals surface area contributed by atoms with Gasteiger partial charge in [0, 0.05) is 23.8 Å². The van der Waals surface area contributed by atoms with Gasteiger partial charge in [0.05, 0.1) is 25.7 Å². The van der Waals surface area contributed by atoms with Gasteiger partial charge in [-0.05, 0) is 36.8 Å². The molecule has 1 amide bonds. The zero-order valence-electron chi connectivity index (χ0n) is 16.1. The van der Waals surface area contributed by atoms with E-state index in [0.29, 0.717) is 23.8 Å². The lowest BCUT2D eigenvalue weighted by atomic mass is 10.1. The minimum absolute atomic E-state index is 0.0306. The first-order valence-electron chi connectivity index (χ1n) is 8.82. The average Bonchev–Trinajstić information content (AvgIpc) is 3.16. The van der Waals surface area contributed by atoms with Crippen molar-refractivity contribution < 1.29 is 14.3 Å². The molecule has 0 fully saturated rings. The van der Waals surface area contributed by atoms with Crippen molar-refractivity contribution in [2.45, 2.75) is 18.4 Å². The van der Waals surface area contributed by atoms with Crippen molar-refractivity contribution in [2.24, 2.45) is 0 Å². The van der Waals surface area contributed by atoms with Crippen LogP contribution in [-0.2, 0) is 11.3 Å². The van der Waals surface area contributed by atoms with Gasteiger partial charge in [0.1, 0.15) is 5.82 Å². The lowest BCUT2D eigenvalue weighted by molar-refractivity contribution is -0.118. The molecule has 1 heterocycles. The Hall–Kier alpha value is -2.93. The minimum Gasteiger partial charge on any atom is -0.493 e. The second kappa shape index (κ2) is 9.32. The molecule has 1 aromatic heterocycles. The van der Waals surface area contributed by atoms with Crippen LogP contribution in [0.2, 0.25) is 0 Å². The number of carbonyl (C=O) groups is 1. The molecule has 28 heavy (non-hydrogen) atoms. The Bertz CT molecular complexity index is 956. The van der Waals surface area contributed by atoms with Crippen LogP contribution in [0.15, 0.2) is 59.8 Å². The van der Waals surface area contributed by atoms with Crippen molar-refractivity contribution in [1.29, 1.82) is 0 Å². The maximum Gasteiger partial charge on any atom is 0.230 e. The molecule has 0 saturated carbocycles. The second-order valence-corrected chi connectivity index (χ2v) is 7.10. The van der Waals surface area contributed by atoms with Gasteiger partial charge in [-0.15, -0.1) is 11.8 Å². The number of hydrogen-bond acceptors (Lipinski definition) is 5. The molecule has 0 radical (unpaired) electrons. The number of nitrogens with one attached hydrogen (secondary N) is 1. The molecule has 3 rings (SSSR count). The van der Waals surface area contributed by atoms with E-state index in [2.05, 4.69) is 10.3 Å². The number of carbonyl (C=O) groups excluding carboxylic acids is 1. The van der Waals surface area contributed by atoms with Crippen molar-refractivity contribution in [2.75, 3.05) is 20.0 Å². The van der Waals surface area contributed by atoms with Crippen LogP contribution in [0.4, 0.5) is 0 Å². The minimum atomic E-state index is -0.0306. The first-order valence-corrected chi connectivity index (χ1v) is 9.80. The summed E-state index contributed by atoms with van der Waals surface area (Å²) in [5.41, 5.74) is 2.05. The third-order valence-electron chi connectivity index (χ3n) is 4.28. The number of thioether (sulfide) groups is 1. The Balaban J connectivity index is 1.59. The highest BCUT2D eigenvalue weighted by molar-refractivity contribution is 8.00. The van der Waals surface area contributed by atoms with Gasteiger partial charge in [0.2, 0.25) is 5.91 Å². The summed E-state index contributed by atoms with van der Waals surface area (Å²) in [6.07, 6.45) is 3.69. The lowest BCUT2D eigenvalue weighted by Crippen LogP contribution is -2.25. The van der Waals surface area contributed by atoms with E-state index in [1.54, 1.807) is 20.4 Å². The highest BCUT2D eigenvalue weighted by atomic mass is 32.2. The molecular weight excluding hydrogens is 374 g/mol. The predicted octanol–water partition coefficient (Wildman–Crippen LogP) is 3.61. The summed E-state index contributed by atoms with van der Waals surface area (Å²) < 4.78 is 12.5. The standard InChI is InChI=1S/C21H23N3O3S/c1-15-22-10-11-24(15)18-7-5-4-6-16(18)13-23-21(25)14-28-17-8-9-19(26-2)20(12-17)27-3/h4-12H,13-14H2,1-3H3,(H,23,25). The zero-order chi connectivity index (χ0) is 19.9. The molecule has 0 aliphatic rings. The van der Waals surface area contributed by atoms with E-state index in [9.17, 15) is 4.79 Å². The maximum absolute atomic E-state index is 12.3. The van der Waals surface area contributed by atoms with Gasteiger partial charge in [0.25, 0.3) is 0 Å². The number of methoxy groups -OCH3 is 2. The fraction of sp³-hybridized carbons (Fsp3) is 0.238. The van der Waals surface area contributed by atoms with Gasteiger partial charge in [0.15, 0.2) is 11.5 Å². The van der Waals surface area contributed by atoms with Crippen molar-refractivity contribution in [3.63, 3.8) is 0 Å². The van der Waals surface area contributed by atoms with E-state index < -0.39 is 0 Å². The highest BCUT2D eigenvalue weighted by Crippen LogP contribution is 2.31. The van der Waals surface area contributed by atoms with Crippen LogP contribution in [0.5, 0.6) is 11.5 Å². The number of imidazole rings is 1. The largest absolute Gasteiger partial charge is 0.493 e. The summed E-state index contributed by atoms with van der Waals surface area (Å²) >= 11 is 1.45. The van der Waals surface area contributed by atoms with E-state index in [-0.39, 0.29) is 5.91 Å². The highest BCUT2D eigenvalue weighted by Gasteiger charge is 2.10. The Kier molecular flexibility index (Phi) is 6.60. The first-order chi connectivity index (χ1) is 13.6. The fourth-order valence-corrected chi connectivity index (χ4v) is 3.58. The molecule has 146 valence electrons. The monoisotopic (exact) mass is 397 g/mol. The Morgan fingerprint density at radius 1 is 1.14 bits per heavy atom. The van der Waals surface area contributed by atoms with Crippen molar-refractivity contribution in [3.05, 3.63) is 66.2 Å². The maximum atomic E-state index is 12.3. The molecule has 3 aromatic rings. The van der Waals surface area contributed by atoms with E-state index in [4.69, 9.17) is 9.47 Å². The molecule has 1 N–H and O–H groups in total. The molecule has 6 nitrogen and oxygen atoms in total. The first kappa shape index (κ1) is 19.8. The quantitative estimate of drug-likeness (QED) is 0.588. The van der Waals surface area contributed by atoms with Crippen LogP contribution in [0, 0.1) is 6.92 Å². The predicted molar refractivity (Wildman–Crippen MR) is 110 cm³/mol. The van der Waals surface area contributed by atoms with Crippen LogP contribution >= 0.6 is 11.8 Å². The molecule has 7 heteroatoms. The number of ether oxygens (including phenoxy) is 2. The summed E-state index contributed by atoms with van der Waals surface area (Å²) in [4.78, 5) is 17.5. The molecule has 0 aliphatic carbocycles. The molecule has 0 spiro atoms. The van der Waals surface area contributed by atoms with Crippen molar-refractivity contribution in [1.82, 2.24) is 14.9 Å². The van der Waals surface area contributed by atoms with Gasteiger partial charge in [-0.1, -0.05) is 18.2 Å². The van der Waals surface area contributed by atoms with Crippen molar-refractivity contribution in [3.8, 4) is 17.2 Å². The molecule has 0 unspecified atom stereocenters. The molecule has 0 saturated heterocycles. The second-order valence-electron chi connectivity index (χ2n) is 6.06. The topological polar surface area (TPSA) is 65.4 Å². The van der Waals surface area contributed by atoms with Crippen LogP contribution in [0.25, 0.3) is 5.69 Å².